The molecule has 9 nitrogen and oxygen atoms in total. The molecule has 4 rings (SSSR count). The van der Waals surface area contributed by atoms with E-state index >= 15 is 4.39 Å². The van der Waals surface area contributed by atoms with Crippen molar-refractivity contribution in [2.75, 3.05) is 44.3 Å². The van der Waals surface area contributed by atoms with Gasteiger partial charge in [-0.3, -0.25) is 4.79 Å². The molecular formula is C30H43F2N5O4S. The number of anilines is 1. The van der Waals surface area contributed by atoms with E-state index in [-0.39, 0.29) is 46.6 Å². The summed E-state index contributed by atoms with van der Waals surface area (Å²) in [7, 11) is -2.98. The molecule has 1 aliphatic carbocycles. The third-order valence-electron chi connectivity index (χ3n) is 8.54. The van der Waals surface area contributed by atoms with Gasteiger partial charge in [0.15, 0.2) is 11.6 Å². The van der Waals surface area contributed by atoms with E-state index in [1.165, 1.54) is 30.9 Å². The lowest BCUT2D eigenvalue weighted by molar-refractivity contribution is 0.0577. The molecule has 1 aromatic carbocycles. The number of ether oxygens (including phenoxy) is 1. The van der Waals surface area contributed by atoms with Crippen LogP contribution in [0.2, 0.25) is 0 Å². The van der Waals surface area contributed by atoms with E-state index in [9.17, 15) is 17.6 Å². The Hall–Kier alpha value is -2.86. The first kappa shape index (κ1) is 32.1. The smallest absolute Gasteiger partial charge is 0.257 e. The number of rotatable bonds is 11. The minimum Gasteiger partial charge on any atom is -0.451 e. The lowest BCUT2D eigenvalue weighted by atomic mass is 9.87. The number of halogens is 2. The van der Waals surface area contributed by atoms with E-state index in [4.69, 9.17) is 4.74 Å². The van der Waals surface area contributed by atoms with Gasteiger partial charge in [0.25, 0.3) is 5.91 Å². The second kappa shape index (κ2) is 13.6. The zero-order valence-corrected chi connectivity index (χ0v) is 25.8. The molecule has 1 aromatic heterocycles. The van der Waals surface area contributed by atoms with Crippen LogP contribution in [0.1, 0.15) is 69.7 Å². The van der Waals surface area contributed by atoms with E-state index in [2.05, 4.69) is 20.2 Å². The van der Waals surface area contributed by atoms with Gasteiger partial charge in [0, 0.05) is 38.5 Å². The van der Waals surface area contributed by atoms with Crippen LogP contribution in [0.5, 0.6) is 11.5 Å². The third kappa shape index (κ3) is 8.15. The second-order valence-corrected chi connectivity index (χ2v) is 14.3. The largest absolute Gasteiger partial charge is 0.451 e. The number of hydrogen-bond donors (Lipinski definition) is 1. The summed E-state index contributed by atoms with van der Waals surface area (Å²) in [5, 5.41) is 2.85. The van der Waals surface area contributed by atoms with Crippen LogP contribution < -0.4 is 10.1 Å². The van der Waals surface area contributed by atoms with Crippen LogP contribution in [0, 0.1) is 11.7 Å². The summed E-state index contributed by atoms with van der Waals surface area (Å²) in [4.78, 5) is 25.4. The van der Waals surface area contributed by atoms with Crippen molar-refractivity contribution in [2.24, 2.45) is 5.92 Å². The summed E-state index contributed by atoms with van der Waals surface area (Å²) in [6, 6.07) is 3.68. The Labute approximate surface area is 248 Å². The summed E-state index contributed by atoms with van der Waals surface area (Å²) in [5.41, 5.74) is -1.36. The van der Waals surface area contributed by atoms with Crippen molar-refractivity contribution in [3.63, 3.8) is 0 Å². The van der Waals surface area contributed by atoms with Crippen molar-refractivity contribution >= 4 is 21.6 Å². The molecule has 0 bridgehead atoms. The first-order chi connectivity index (χ1) is 19.9. The van der Waals surface area contributed by atoms with Crippen molar-refractivity contribution in [3.05, 3.63) is 42.1 Å². The lowest BCUT2D eigenvalue weighted by Gasteiger charge is -2.39. The summed E-state index contributed by atoms with van der Waals surface area (Å²) in [6.45, 7) is 8.23. The molecule has 2 fully saturated rings. The quantitative estimate of drug-likeness (QED) is 0.377. The number of likely N-dealkylation sites (tertiary alicyclic amines) is 1. The van der Waals surface area contributed by atoms with Crippen LogP contribution in [0.15, 0.2) is 30.7 Å². The van der Waals surface area contributed by atoms with Crippen LogP contribution in [0.25, 0.3) is 0 Å². The molecule has 0 radical (unpaired) electrons. The van der Waals surface area contributed by atoms with Crippen molar-refractivity contribution in [2.45, 2.75) is 76.3 Å². The molecule has 1 N–H and O–H groups in total. The fraction of sp³-hybridized carbons (Fsp3) is 0.633. The standard InChI is InChI=1S/C30H43F2N5O4S/c1-5-37(21(2)3)29(38)25-16-23(31)8-11-26(25)41-27-17-33-20-35-28(27)34-19-30(32)12-14-36(15-13-30)18-22-6-9-24(10-7-22)42(4,39)40/h8,11,16-17,20-22,24H,5-7,9-10,12-15,18-19H2,1-4H3,(H,33,34,35). The van der Waals surface area contributed by atoms with Crippen molar-refractivity contribution < 1.29 is 26.7 Å². The van der Waals surface area contributed by atoms with E-state index < -0.39 is 21.3 Å². The van der Waals surface area contributed by atoms with Gasteiger partial charge in [0.2, 0.25) is 0 Å². The maximum Gasteiger partial charge on any atom is 0.257 e. The van der Waals surface area contributed by atoms with Gasteiger partial charge in [-0.2, -0.15) is 0 Å². The second-order valence-electron chi connectivity index (χ2n) is 11.9. The number of sulfone groups is 1. The van der Waals surface area contributed by atoms with Gasteiger partial charge in [-0.1, -0.05) is 0 Å². The number of hydrogen-bond acceptors (Lipinski definition) is 8. The van der Waals surface area contributed by atoms with Gasteiger partial charge >= 0.3 is 0 Å². The van der Waals surface area contributed by atoms with Crippen LogP contribution in [-0.4, -0.2) is 90.0 Å². The highest BCUT2D eigenvalue weighted by atomic mass is 32.2. The summed E-state index contributed by atoms with van der Waals surface area (Å²) in [6.07, 6.45) is 8.00. The number of piperidine rings is 1. The van der Waals surface area contributed by atoms with Gasteiger partial charge in [-0.05, 0) is 83.4 Å². The molecule has 1 amide bonds. The maximum atomic E-state index is 15.8. The average molecular weight is 608 g/mol. The molecule has 2 aliphatic rings. The molecule has 0 unspecified atom stereocenters. The van der Waals surface area contributed by atoms with E-state index in [0.717, 1.165) is 25.5 Å². The molecule has 0 spiro atoms. The molecule has 12 heteroatoms. The number of carbonyl (C=O) groups is 1. The van der Waals surface area contributed by atoms with Crippen LogP contribution in [-0.2, 0) is 9.84 Å². The first-order valence-corrected chi connectivity index (χ1v) is 16.8. The first-order valence-electron chi connectivity index (χ1n) is 14.8. The fourth-order valence-corrected chi connectivity index (χ4v) is 7.09. The SMILES string of the molecule is CCN(C(=O)c1cc(F)ccc1Oc1cncnc1NCC1(F)CCN(CC2CCC(S(C)(=O)=O)CC2)CC1)C(C)C. The summed E-state index contributed by atoms with van der Waals surface area (Å²) < 4.78 is 59.7. The zero-order valence-electron chi connectivity index (χ0n) is 25.0. The Morgan fingerprint density at radius 1 is 1.19 bits per heavy atom. The van der Waals surface area contributed by atoms with Gasteiger partial charge < -0.3 is 19.9 Å². The highest BCUT2D eigenvalue weighted by Gasteiger charge is 2.36. The Morgan fingerprint density at radius 3 is 2.50 bits per heavy atom. The molecule has 2 heterocycles. The predicted molar refractivity (Wildman–Crippen MR) is 159 cm³/mol. The highest BCUT2D eigenvalue weighted by Crippen LogP contribution is 2.34. The van der Waals surface area contributed by atoms with E-state index in [0.29, 0.717) is 51.2 Å². The number of alkyl halides is 1. The van der Waals surface area contributed by atoms with Crippen LogP contribution >= 0.6 is 0 Å². The molecular weight excluding hydrogens is 564 g/mol. The van der Waals surface area contributed by atoms with Crippen molar-refractivity contribution in [3.8, 4) is 11.5 Å². The maximum absolute atomic E-state index is 15.8. The molecule has 1 saturated heterocycles. The van der Waals surface area contributed by atoms with Crippen molar-refractivity contribution in [1.82, 2.24) is 19.8 Å². The van der Waals surface area contributed by atoms with Gasteiger partial charge in [-0.15, -0.1) is 0 Å². The van der Waals surface area contributed by atoms with Crippen LogP contribution in [0.3, 0.4) is 0 Å². The minimum absolute atomic E-state index is 0.0276. The number of nitrogens with one attached hydrogen (secondary N) is 1. The topological polar surface area (TPSA) is 105 Å². The minimum atomic E-state index is -2.98. The van der Waals surface area contributed by atoms with E-state index in [1.807, 2.05) is 20.8 Å². The average Bonchev–Trinajstić information content (AvgIpc) is 2.95. The monoisotopic (exact) mass is 607 g/mol. The summed E-state index contributed by atoms with van der Waals surface area (Å²) >= 11 is 0. The molecule has 232 valence electrons. The van der Waals surface area contributed by atoms with Crippen molar-refractivity contribution in [1.29, 1.82) is 0 Å². The molecule has 2 aromatic rings. The predicted octanol–water partition coefficient (Wildman–Crippen LogP) is 5.10. The van der Waals surface area contributed by atoms with E-state index in [1.54, 1.807) is 4.90 Å². The lowest BCUT2D eigenvalue weighted by Crippen LogP contribution is -2.47. The number of nitrogens with zero attached hydrogens (tertiary/aromatic N) is 4. The summed E-state index contributed by atoms with van der Waals surface area (Å²) in [5.74, 6) is 0.184. The highest BCUT2D eigenvalue weighted by molar-refractivity contribution is 7.91. The Morgan fingerprint density at radius 2 is 1.88 bits per heavy atom. The van der Waals surface area contributed by atoms with Gasteiger partial charge in [-0.25, -0.2) is 27.2 Å². The number of carbonyl (C=O) groups excluding carboxylic acids is 1. The Kier molecular flexibility index (Phi) is 10.4. The Balaban J connectivity index is 1.35. The zero-order chi connectivity index (χ0) is 30.5. The fourth-order valence-electron chi connectivity index (χ4n) is 5.96. The third-order valence-corrected chi connectivity index (χ3v) is 10.2. The number of aromatic nitrogens is 2. The molecule has 0 atom stereocenters. The Bertz CT molecular complexity index is 1330. The molecule has 1 aliphatic heterocycles. The van der Waals surface area contributed by atoms with Gasteiger partial charge in [0.1, 0.15) is 33.4 Å². The van der Waals surface area contributed by atoms with Gasteiger partial charge in [0.05, 0.1) is 23.6 Å². The number of amides is 1. The number of benzene rings is 1. The molecule has 1 saturated carbocycles. The molecule has 42 heavy (non-hydrogen) atoms. The van der Waals surface area contributed by atoms with Crippen LogP contribution in [0.4, 0.5) is 14.6 Å². The normalized spacial score (nSPS) is 21.2.